The second-order valence-corrected chi connectivity index (χ2v) is 13.4. The Kier molecular flexibility index (Phi) is 8.90. The fourth-order valence-electron chi connectivity index (χ4n) is 5.80. The van der Waals surface area contributed by atoms with E-state index < -0.39 is 0 Å². The largest absolute Gasteiger partial charge is 0.379 e. The van der Waals surface area contributed by atoms with Crippen molar-refractivity contribution in [3.8, 4) is 11.3 Å². The van der Waals surface area contributed by atoms with Crippen LogP contribution in [0.5, 0.6) is 0 Å². The third-order valence-corrected chi connectivity index (χ3v) is 10.8. The molecule has 3 aliphatic rings. The molecule has 44 heavy (non-hydrogen) atoms. The van der Waals surface area contributed by atoms with Gasteiger partial charge in [-0.3, -0.25) is 19.7 Å². The SMILES string of the molecule is Cc1cnc(C(CCN2CCOCC2)Nc2ccc3c(c2)Sc2cccc(-c4cc(N5CCOCC5)cc(=O)[nH]4)c2S3)cn1. The zero-order chi connectivity index (χ0) is 29.9. The third kappa shape index (κ3) is 6.67. The minimum absolute atomic E-state index is 0.0414. The Morgan fingerprint density at radius 3 is 2.52 bits per heavy atom. The molecule has 0 aliphatic carbocycles. The Bertz CT molecular complexity index is 1670. The summed E-state index contributed by atoms with van der Waals surface area (Å²) in [5.74, 6) is 0. The van der Waals surface area contributed by atoms with E-state index in [2.05, 4.69) is 67.5 Å². The highest BCUT2D eigenvalue weighted by atomic mass is 32.2. The lowest BCUT2D eigenvalue weighted by Gasteiger charge is -2.29. The molecule has 9 nitrogen and oxygen atoms in total. The molecule has 2 N–H and O–H groups in total. The van der Waals surface area contributed by atoms with Gasteiger partial charge in [0.2, 0.25) is 5.56 Å². The molecule has 7 rings (SSSR count). The number of nitrogens with one attached hydrogen (secondary N) is 2. The van der Waals surface area contributed by atoms with Gasteiger partial charge in [-0.2, -0.15) is 0 Å². The quantitative estimate of drug-likeness (QED) is 0.230. The molecular weight excluding hydrogens is 593 g/mol. The summed E-state index contributed by atoms with van der Waals surface area (Å²) < 4.78 is 11.1. The van der Waals surface area contributed by atoms with Crippen LogP contribution in [0.1, 0.15) is 23.9 Å². The number of nitrogens with zero attached hydrogens (tertiary/aromatic N) is 4. The predicted octanol–water partition coefficient (Wildman–Crippen LogP) is 5.47. The topological polar surface area (TPSA) is 95.6 Å². The van der Waals surface area contributed by atoms with Crippen LogP contribution in [0.4, 0.5) is 11.4 Å². The zero-order valence-electron chi connectivity index (χ0n) is 24.8. The Morgan fingerprint density at radius 2 is 1.73 bits per heavy atom. The zero-order valence-corrected chi connectivity index (χ0v) is 26.4. The van der Waals surface area contributed by atoms with Crippen LogP contribution in [-0.4, -0.2) is 79.0 Å². The molecule has 2 aromatic carbocycles. The van der Waals surface area contributed by atoms with Crippen molar-refractivity contribution in [2.75, 3.05) is 69.4 Å². The van der Waals surface area contributed by atoms with Crippen molar-refractivity contribution in [1.82, 2.24) is 19.9 Å². The van der Waals surface area contributed by atoms with Gasteiger partial charge in [-0.1, -0.05) is 35.7 Å². The van der Waals surface area contributed by atoms with Crippen LogP contribution in [0.15, 0.2) is 85.3 Å². The molecule has 2 saturated heterocycles. The Morgan fingerprint density at radius 1 is 0.909 bits per heavy atom. The van der Waals surface area contributed by atoms with Gasteiger partial charge in [0.15, 0.2) is 0 Å². The van der Waals surface area contributed by atoms with Gasteiger partial charge < -0.3 is 24.7 Å². The number of pyridine rings is 1. The van der Waals surface area contributed by atoms with Gasteiger partial charge in [-0.15, -0.1) is 0 Å². The van der Waals surface area contributed by atoms with Crippen LogP contribution in [0.2, 0.25) is 0 Å². The molecule has 3 aliphatic heterocycles. The molecule has 0 saturated carbocycles. The summed E-state index contributed by atoms with van der Waals surface area (Å²) in [5.41, 5.74) is 5.66. The van der Waals surface area contributed by atoms with Gasteiger partial charge in [0.05, 0.1) is 55.7 Å². The van der Waals surface area contributed by atoms with E-state index in [0.717, 1.165) is 86.4 Å². The van der Waals surface area contributed by atoms with Gasteiger partial charge in [-0.25, -0.2) is 0 Å². The minimum Gasteiger partial charge on any atom is -0.379 e. The molecule has 0 amide bonds. The molecule has 0 bridgehead atoms. The van der Waals surface area contributed by atoms with E-state index in [1.807, 2.05) is 19.3 Å². The van der Waals surface area contributed by atoms with Crippen LogP contribution in [0, 0.1) is 6.92 Å². The fraction of sp³-hybridized carbons (Fsp3) is 0.364. The van der Waals surface area contributed by atoms with E-state index >= 15 is 0 Å². The van der Waals surface area contributed by atoms with E-state index in [1.54, 1.807) is 29.6 Å². The number of aromatic nitrogens is 3. The summed E-state index contributed by atoms with van der Waals surface area (Å²) in [5, 5.41) is 3.77. The van der Waals surface area contributed by atoms with E-state index in [9.17, 15) is 4.79 Å². The summed E-state index contributed by atoms with van der Waals surface area (Å²) in [4.78, 5) is 34.5. The average molecular weight is 629 g/mol. The molecule has 0 radical (unpaired) electrons. The van der Waals surface area contributed by atoms with Gasteiger partial charge in [-0.05, 0) is 43.7 Å². The maximum Gasteiger partial charge on any atom is 0.250 e. The highest BCUT2D eigenvalue weighted by Crippen LogP contribution is 2.52. The number of hydrogen-bond donors (Lipinski definition) is 2. The number of benzene rings is 2. The van der Waals surface area contributed by atoms with Gasteiger partial charge in [0, 0.05) is 81.5 Å². The normalized spacial score (nSPS) is 17.5. The van der Waals surface area contributed by atoms with Crippen molar-refractivity contribution in [2.24, 2.45) is 0 Å². The maximum absolute atomic E-state index is 12.7. The van der Waals surface area contributed by atoms with Crippen LogP contribution >= 0.6 is 23.5 Å². The summed E-state index contributed by atoms with van der Waals surface area (Å²) in [6.45, 7) is 9.37. The van der Waals surface area contributed by atoms with Gasteiger partial charge >= 0.3 is 0 Å². The Labute approximate surface area is 265 Å². The summed E-state index contributed by atoms with van der Waals surface area (Å²) >= 11 is 3.53. The van der Waals surface area contributed by atoms with E-state index in [1.165, 1.54) is 19.6 Å². The molecule has 2 aromatic heterocycles. The molecular formula is C33H36N6O3S2. The van der Waals surface area contributed by atoms with Crippen molar-refractivity contribution in [1.29, 1.82) is 0 Å². The lowest BCUT2D eigenvalue weighted by atomic mass is 10.1. The van der Waals surface area contributed by atoms with Crippen LogP contribution in [0.3, 0.4) is 0 Å². The Hall–Kier alpha value is -3.35. The van der Waals surface area contributed by atoms with Gasteiger partial charge in [0.25, 0.3) is 0 Å². The number of ether oxygens (including phenoxy) is 2. The smallest absolute Gasteiger partial charge is 0.250 e. The summed E-state index contributed by atoms with van der Waals surface area (Å²) in [7, 11) is 0. The second kappa shape index (κ2) is 13.3. The third-order valence-electron chi connectivity index (χ3n) is 8.19. The molecule has 11 heteroatoms. The summed E-state index contributed by atoms with van der Waals surface area (Å²) in [6, 6.07) is 16.8. The van der Waals surface area contributed by atoms with Crippen molar-refractivity contribution >= 4 is 34.9 Å². The first-order valence-electron chi connectivity index (χ1n) is 15.1. The molecule has 0 spiro atoms. The Balaban J connectivity index is 1.12. The first kappa shape index (κ1) is 29.4. The number of rotatable bonds is 8. The van der Waals surface area contributed by atoms with Gasteiger partial charge in [0.1, 0.15) is 0 Å². The molecule has 1 atom stereocenters. The lowest BCUT2D eigenvalue weighted by Crippen LogP contribution is -2.37. The number of anilines is 2. The molecule has 1 unspecified atom stereocenters. The van der Waals surface area contributed by atoms with E-state index in [4.69, 9.17) is 14.5 Å². The maximum atomic E-state index is 12.7. The predicted molar refractivity (Wildman–Crippen MR) is 175 cm³/mol. The first-order valence-corrected chi connectivity index (χ1v) is 16.8. The van der Waals surface area contributed by atoms with E-state index in [0.29, 0.717) is 13.2 Å². The van der Waals surface area contributed by atoms with Crippen LogP contribution in [-0.2, 0) is 9.47 Å². The fourth-order valence-corrected chi connectivity index (χ4v) is 8.21. The molecule has 5 heterocycles. The lowest BCUT2D eigenvalue weighted by molar-refractivity contribution is 0.0368. The standard InChI is InChI=1S/C33H36N6O3S2/c1-22-20-35-28(21-34-22)26(7-8-38-9-13-41-14-10-38)36-23-5-6-29-31(17-23)43-30-4-2-3-25(33(30)44-29)27-18-24(19-32(40)37-27)39-11-15-42-16-12-39/h2-6,17-21,26,36H,7-16H2,1H3,(H,37,40). The first-order chi connectivity index (χ1) is 21.6. The molecule has 2 fully saturated rings. The number of aryl methyl sites for hydroxylation is 1. The van der Waals surface area contributed by atoms with Crippen molar-refractivity contribution in [3.63, 3.8) is 0 Å². The van der Waals surface area contributed by atoms with Crippen LogP contribution < -0.4 is 15.8 Å². The number of fused-ring (bicyclic) bond motifs is 2. The number of H-pyrrole nitrogens is 1. The highest BCUT2D eigenvalue weighted by molar-refractivity contribution is 8.05. The number of morpholine rings is 2. The van der Waals surface area contributed by atoms with E-state index in [-0.39, 0.29) is 11.6 Å². The van der Waals surface area contributed by atoms with Crippen molar-refractivity contribution in [3.05, 3.63) is 82.7 Å². The monoisotopic (exact) mass is 628 g/mol. The van der Waals surface area contributed by atoms with Crippen LogP contribution in [0.25, 0.3) is 11.3 Å². The average Bonchev–Trinajstić information content (AvgIpc) is 3.06. The second-order valence-electron chi connectivity index (χ2n) is 11.2. The van der Waals surface area contributed by atoms with Crippen molar-refractivity contribution < 1.29 is 9.47 Å². The number of aromatic amines is 1. The molecule has 228 valence electrons. The minimum atomic E-state index is -0.0902. The highest BCUT2D eigenvalue weighted by Gasteiger charge is 2.23. The summed E-state index contributed by atoms with van der Waals surface area (Å²) in [6.07, 6.45) is 4.66. The number of hydrogen-bond acceptors (Lipinski definition) is 10. The van der Waals surface area contributed by atoms with Crippen molar-refractivity contribution in [2.45, 2.75) is 39.0 Å². The molecule has 4 aromatic rings.